The van der Waals surface area contributed by atoms with Crippen LogP contribution < -0.4 is 5.73 Å². The van der Waals surface area contributed by atoms with Crippen LogP contribution in [0.5, 0.6) is 0 Å². The van der Waals surface area contributed by atoms with E-state index >= 15 is 0 Å². The predicted octanol–water partition coefficient (Wildman–Crippen LogP) is 1.99. The molecule has 2 aliphatic rings. The van der Waals surface area contributed by atoms with E-state index in [0.717, 1.165) is 57.0 Å². The van der Waals surface area contributed by atoms with E-state index < -0.39 is 0 Å². The van der Waals surface area contributed by atoms with Gasteiger partial charge in [-0.05, 0) is 25.7 Å². The maximum atomic E-state index is 12.4. The molecular formula is C16H28Cl2N4O2. The molecule has 0 aromatic carbocycles. The van der Waals surface area contributed by atoms with E-state index in [4.69, 9.17) is 10.3 Å². The monoisotopic (exact) mass is 378 g/mol. The first kappa shape index (κ1) is 21.2. The normalized spacial score (nSPS) is 24.3. The standard InChI is InChI=1S/C16H26N4O2.2ClH/c1-12-9-14(22-18-12)11-19-5-7-20(8-6-19)16(21)10-13-3-2-4-15(13)17;;/h9,13,15H,2-8,10-11,17H2,1H3;2*1H/t13-,15+;;/m0../s1. The molecule has 2 heterocycles. The fourth-order valence-corrected chi connectivity index (χ4v) is 3.54. The summed E-state index contributed by atoms with van der Waals surface area (Å²) >= 11 is 0. The molecule has 8 heteroatoms. The van der Waals surface area contributed by atoms with Crippen LogP contribution in [0.25, 0.3) is 0 Å². The maximum absolute atomic E-state index is 12.4. The Labute approximate surface area is 155 Å². The van der Waals surface area contributed by atoms with E-state index in [9.17, 15) is 4.79 Å². The highest BCUT2D eigenvalue weighted by molar-refractivity contribution is 5.85. The minimum Gasteiger partial charge on any atom is -0.360 e. The Hall–Kier alpha value is -0.820. The lowest BCUT2D eigenvalue weighted by Crippen LogP contribution is -2.48. The average Bonchev–Trinajstić information content (AvgIpc) is 3.09. The van der Waals surface area contributed by atoms with Crippen LogP contribution in [0.4, 0.5) is 0 Å². The second-order valence-corrected chi connectivity index (χ2v) is 6.65. The van der Waals surface area contributed by atoms with Crippen molar-refractivity contribution in [1.29, 1.82) is 0 Å². The molecule has 0 unspecified atom stereocenters. The zero-order chi connectivity index (χ0) is 15.5. The minimum atomic E-state index is 0. The molecule has 3 rings (SSSR count). The molecule has 0 bridgehead atoms. The Morgan fingerprint density at radius 1 is 1.29 bits per heavy atom. The van der Waals surface area contributed by atoms with Gasteiger partial charge in [0.25, 0.3) is 0 Å². The fraction of sp³-hybridized carbons (Fsp3) is 0.750. The largest absolute Gasteiger partial charge is 0.360 e. The van der Waals surface area contributed by atoms with Crippen molar-refractivity contribution in [1.82, 2.24) is 15.0 Å². The number of halogens is 2. The summed E-state index contributed by atoms with van der Waals surface area (Å²) in [6.07, 6.45) is 3.98. The Kier molecular flexibility index (Phi) is 8.50. The summed E-state index contributed by atoms with van der Waals surface area (Å²) < 4.78 is 5.26. The third-order valence-electron chi connectivity index (χ3n) is 4.94. The summed E-state index contributed by atoms with van der Waals surface area (Å²) in [4.78, 5) is 16.7. The van der Waals surface area contributed by atoms with Gasteiger partial charge in [-0.15, -0.1) is 24.8 Å². The van der Waals surface area contributed by atoms with Gasteiger partial charge in [0.05, 0.1) is 12.2 Å². The quantitative estimate of drug-likeness (QED) is 0.866. The van der Waals surface area contributed by atoms with Crippen molar-refractivity contribution in [3.8, 4) is 0 Å². The fourth-order valence-electron chi connectivity index (χ4n) is 3.54. The highest BCUT2D eigenvalue weighted by Crippen LogP contribution is 2.27. The molecule has 2 fully saturated rings. The van der Waals surface area contributed by atoms with E-state index in [1.165, 1.54) is 6.42 Å². The number of aromatic nitrogens is 1. The van der Waals surface area contributed by atoms with Gasteiger partial charge in [0.1, 0.15) is 0 Å². The van der Waals surface area contributed by atoms with E-state index in [0.29, 0.717) is 12.3 Å². The summed E-state index contributed by atoms with van der Waals surface area (Å²) in [5, 5.41) is 3.91. The molecule has 1 aromatic heterocycles. The molecule has 0 radical (unpaired) electrons. The first-order valence-electron chi connectivity index (χ1n) is 8.30. The Morgan fingerprint density at radius 3 is 2.54 bits per heavy atom. The molecule has 1 aromatic rings. The number of rotatable bonds is 4. The lowest BCUT2D eigenvalue weighted by atomic mass is 9.99. The van der Waals surface area contributed by atoms with E-state index in [2.05, 4.69) is 10.1 Å². The number of hydrogen-bond donors (Lipinski definition) is 1. The van der Waals surface area contributed by atoms with Crippen LogP contribution in [-0.2, 0) is 11.3 Å². The Bertz CT molecular complexity index is 518. The smallest absolute Gasteiger partial charge is 0.222 e. The number of aryl methyl sites for hydroxylation is 1. The number of hydrogen-bond acceptors (Lipinski definition) is 5. The molecule has 1 amide bonds. The summed E-state index contributed by atoms with van der Waals surface area (Å²) in [5.74, 6) is 1.56. The molecule has 2 N–H and O–H groups in total. The van der Waals surface area contributed by atoms with Crippen molar-refractivity contribution in [2.45, 2.75) is 45.2 Å². The van der Waals surface area contributed by atoms with Crippen molar-refractivity contribution in [3.05, 3.63) is 17.5 Å². The van der Waals surface area contributed by atoms with Gasteiger partial charge in [0.15, 0.2) is 5.76 Å². The topological polar surface area (TPSA) is 75.6 Å². The second-order valence-electron chi connectivity index (χ2n) is 6.65. The van der Waals surface area contributed by atoms with Crippen LogP contribution in [0.1, 0.15) is 37.1 Å². The van der Waals surface area contributed by atoms with E-state index in [-0.39, 0.29) is 36.8 Å². The molecule has 1 saturated carbocycles. The van der Waals surface area contributed by atoms with Gasteiger partial charge >= 0.3 is 0 Å². The molecule has 1 saturated heterocycles. The number of carbonyl (C=O) groups excluding carboxylic acids is 1. The number of piperazine rings is 1. The van der Waals surface area contributed by atoms with Crippen molar-refractivity contribution < 1.29 is 9.32 Å². The van der Waals surface area contributed by atoms with Crippen molar-refractivity contribution >= 4 is 30.7 Å². The van der Waals surface area contributed by atoms with Gasteiger partial charge < -0.3 is 15.2 Å². The maximum Gasteiger partial charge on any atom is 0.222 e. The molecule has 1 aliphatic heterocycles. The molecular weight excluding hydrogens is 351 g/mol. The van der Waals surface area contributed by atoms with Crippen LogP contribution in [0.15, 0.2) is 10.6 Å². The van der Waals surface area contributed by atoms with Crippen molar-refractivity contribution in [2.24, 2.45) is 11.7 Å². The van der Waals surface area contributed by atoms with Gasteiger partial charge in [-0.1, -0.05) is 11.6 Å². The SMILES string of the molecule is Cc1cc(CN2CCN(C(=O)C[C@@H]3CCC[C@H]3N)CC2)on1.Cl.Cl. The van der Waals surface area contributed by atoms with E-state index in [1.807, 2.05) is 17.9 Å². The van der Waals surface area contributed by atoms with Crippen LogP contribution in [0, 0.1) is 12.8 Å². The third-order valence-corrected chi connectivity index (χ3v) is 4.94. The highest BCUT2D eigenvalue weighted by Gasteiger charge is 2.29. The molecule has 0 spiro atoms. The zero-order valence-corrected chi connectivity index (χ0v) is 15.8. The number of carbonyl (C=O) groups is 1. The average molecular weight is 379 g/mol. The molecule has 24 heavy (non-hydrogen) atoms. The highest BCUT2D eigenvalue weighted by atomic mass is 35.5. The molecule has 1 aliphatic carbocycles. The minimum absolute atomic E-state index is 0. The van der Waals surface area contributed by atoms with Crippen molar-refractivity contribution in [3.63, 3.8) is 0 Å². The Morgan fingerprint density at radius 2 is 2.00 bits per heavy atom. The lowest BCUT2D eigenvalue weighted by molar-refractivity contribution is -0.134. The van der Waals surface area contributed by atoms with Gasteiger partial charge in [0.2, 0.25) is 5.91 Å². The third kappa shape index (κ3) is 5.34. The van der Waals surface area contributed by atoms with Crippen LogP contribution >= 0.6 is 24.8 Å². The first-order valence-corrected chi connectivity index (χ1v) is 8.30. The van der Waals surface area contributed by atoms with E-state index in [1.54, 1.807) is 0 Å². The number of nitrogens with zero attached hydrogens (tertiary/aromatic N) is 3. The van der Waals surface area contributed by atoms with Crippen molar-refractivity contribution in [2.75, 3.05) is 26.2 Å². The van der Waals surface area contributed by atoms with Gasteiger partial charge in [-0.2, -0.15) is 0 Å². The molecule has 138 valence electrons. The van der Waals surface area contributed by atoms with Crippen LogP contribution in [0.2, 0.25) is 0 Å². The summed E-state index contributed by atoms with van der Waals surface area (Å²) in [6.45, 7) is 6.08. The van der Waals surface area contributed by atoms with Gasteiger partial charge in [0, 0.05) is 44.7 Å². The second kappa shape index (κ2) is 9.61. The summed E-state index contributed by atoms with van der Waals surface area (Å²) in [5.41, 5.74) is 6.99. The van der Waals surface area contributed by atoms with Crippen LogP contribution in [-0.4, -0.2) is 53.1 Å². The summed E-state index contributed by atoms with van der Waals surface area (Å²) in [6, 6.07) is 2.19. The van der Waals surface area contributed by atoms with Gasteiger partial charge in [-0.3, -0.25) is 9.69 Å². The lowest BCUT2D eigenvalue weighted by Gasteiger charge is -2.35. The summed E-state index contributed by atoms with van der Waals surface area (Å²) in [7, 11) is 0. The van der Waals surface area contributed by atoms with Crippen LogP contribution in [0.3, 0.4) is 0 Å². The number of amides is 1. The van der Waals surface area contributed by atoms with Gasteiger partial charge in [-0.25, -0.2) is 0 Å². The molecule has 6 nitrogen and oxygen atoms in total. The Balaban J connectivity index is 0.00000144. The number of nitrogens with two attached hydrogens (primary N) is 1. The first-order chi connectivity index (χ1) is 10.6. The molecule has 2 atom stereocenters. The predicted molar refractivity (Wildman–Crippen MR) is 97.5 cm³/mol. The zero-order valence-electron chi connectivity index (χ0n) is 14.1.